The molecule has 0 saturated heterocycles. The number of aromatic nitrogens is 1. The van der Waals surface area contributed by atoms with Crippen molar-refractivity contribution in [1.82, 2.24) is 4.37 Å². The van der Waals surface area contributed by atoms with Crippen molar-refractivity contribution in [2.75, 3.05) is 5.32 Å². The minimum Gasteiger partial charge on any atom is -0.442 e. The van der Waals surface area contributed by atoms with E-state index >= 15 is 0 Å². The van der Waals surface area contributed by atoms with Crippen molar-refractivity contribution in [1.29, 1.82) is 0 Å². The Bertz CT molecular complexity index is 1290. The largest absolute Gasteiger partial charge is 0.442 e. The Labute approximate surface area is 214 Å². The lowest BCUT2D eigenvalue weighted by molar-refractivity contribution is -0.109. The van der Waals surface area contributed by atoms with Crippen molar-refractivity contribution < 1.29 is 14.3 Å². The molecule has 5 rings (SSSR count). The number of halogens is 1. The standard InChI is InChI=1S/C28H27ClN2O3S/c1-17-25(30-27(33)34-18(2)23-4-3-5-24(23)29)26(35-31-17)21-8-6-19(7-9-21)20-10-12-22(13-11-20)28(16-32)14-15-28/h6-13,16,18H,3-5,14-15H2,1-2H3,(H,30,33)/t18-/m0/s1. The predicted octanol–water partition coefficient (Wildman–Crippen LogP) is 7.63. The van der Waals surface area contributed by atoms with Crippen LogP contribution in [0.25, 0.3) is 21.6 Å². The van der Waals surface area contributed by atoms with Crippen LogP contribution in [0.5, 0.6) is 0 Å². The van der Waals surface area contributed by atoms with E-state index in [0.717, 1.165) is 81.8 Å². The smallest absolute Gasteiger partial charge is 0.412 e. The molecular weight excluding hydrogens is 480 g/mol. The molecule has 1 fully saturated rings. The first-order valence-electron chi connectivity index (χ1n) is 11.9. The molecule has 1 N–H and O–H groups in total. The minimum atomic E-state index is -0.508. The fraction of sp³-hybridized carbons (Fsp3) is 0.321. The average molecular weight is 507 g/mol. The fourth-order valence-corrected chi connectivity index (χ4v) is 5.88. The molecular formula is C28H27ClN2O3S. The van der Waals surface area contributed by atoms with E-state index in [4.69, 9.17) is 16.3 Å². The maximum Gasteiger partial charge on any atom is 0.412 e. The van der Waals surface area contributed by atoms with Gasteiger partial charge in [-0.3, -0.25) is 5.32 Å². The Hall–Kier alpha value is -2.96. The van der Waals surface area contributed by atoms with Crippen molar-refractivity contribution in [2.45, 2.75) is 57.5 Å². The van der Waals surface area contributed by atoms with Crippen LogP contribution in [0.15, 0.2) is 59.1 Å². The van der Waals surface area contributed by atoms with Crippen molar-refractivity contribution in [3.8, 4) is 21.6 Å². The van der Waals surface area contributed by atoms with E-state index in [0.29, 0.717) is 5.69 Å². The molecule has 0 radical (unpaired) electrons. The number of rotatable bonds is 7. The number of benzene rings is 2. The van der Waals surface area contributed by atoms with Gasteiger partial charge in [0.25, 0.3) is 0 Å². The van der Waals surface area contributed by atoms with Crippen LogP contribution in [0, 0.1) is 6.92 Å². The monoisotopic (exact) mass is 506 g/mol. The highest BCUT2D eigenvalue weighted by molar-refractivity contribution is 7.10. The van der Waals surface area contributed by atoms with E-state index < -0.39 is 6.09 Å². The van der Waals surface area contributed by atoms with Crippen LogP contribution in [-0.2, 0) is 14.9 Å². The number of carbonyl (C=O) groups is 2. The molecule has 180 valence electrons. The summed E-state index contributed by atoms with van der Waals surface area (Å²) in [5.41, 5.74) is 6.41. The lowest BCUT2D eigenvalue weighted by Gasteiger charge is -2.16. The van der Waals surface area contributed by atoms with E-state index in [-0.39, 0.29) is 11.5 Å². The lowest BCUT2D eigenvalue weighted by atomic mass is 9.95. The molecule has 2 aliphatic rings. The summed E-state index contributed by atoms with van der Waals surface area (Å²) in [6.45, 7) is 3.73. The van der Waals surface area contributed by atoms with Gasteiger partial charge in [0.15, 0.2) is 0 Å². The molecule has 0 aliphatic heterocycles. The van der Waals surface area contributed by atoms with E-state index in [2.05, 4.69) is 46.1 Å². The highest BCUT2D eigenvalue weighted by Crippen LogP contribution is 2.46. The Kier molecular flexibility index (Phi) is 6.51. The van der Waals surface area contributed by atoms with Crippen molar-refractivity contribution in [2.24, 2.45) is 0 Å². The summed E-state index contributed by atoms with van der Waals surface area (Å²) in [5, 5.41) is 3.71. The maximum atomic E-state index is 12.6. The quantitative estimate of drug-likeness (QED) is 0.334. The number of nitrogens with one attached hydrogen (secondary N) is 1. The summed E-state index contributed by atoms with van der Waals surface area (Å²) >= 11 is 7.62. The zero-order valence-corrected chi connectivity index (χ0v) is 21.3. The highest BCUT2D eigenvalue weighted by atomic mass is 35.5. The SMILES string of the molecule is Cc1nsc(-c2ccc(-c3ccc(C4(C=O)CC4)cc3)cc2)c1NC(=O)O[C@@H](C)C1=C(Cl)CCC1. The van der Waals surface area contributed by atoms with Gasteiger partial charge in [-0.25, -0.2) is 4.79 Å². The summed E-state index contributed by atoms with van der Waals surface area (Å²) in [5.74, 6) is 0. The van der Waals surface area contributed by atoms with Gasteiger partial charge < -0.3 is 9.53 Å². The van der Waals surface area contributed by atoms with Gasteiger partial charge in [0.2, 0.25) is 0 Å². The first-order chi connectivity index (χ1) is 16.9. The molecule has 1 aromatic heterocycles. The molecule has 3 aromatic rings. The normalized spacial score (nSPS) is 17.2. The van der Waals surface area contributed by atoms with Gasteiger partial charge >= 0.3 is 6.09 Å². The van der Waals surface area contributed by atoms with Crippen LogP contribution in [0.1, 0.15) is 50.3 Å². The fourth-order valence-electron chi connectivity index (χ4n) is 4.65. The van der Waals surface area contributed by atoms with Crippen LogP contribution in [0.4, 0.5) is 10.5 Å². The number of anilines is 1. The number of aryl methyl sites for hydroxylation is 1. The highest BCUT2D eigenvalue weighted by Gasteiger charge is 2.44. The van der Waals surface area contributed by atoms with E-state index in [9.17, 15) is 9.59 Å². The molecule has 2 aliphatic carbocycles. The number of amides is 1. The van der Waals surface area contributed by atoms with Crippen LogP contribution in [0.2, 0.25) is 0 Å². The van der Waals surface area contributed by atoms with Gasteiger partial charge in [-0.05, 0) is 85.3 Å². The summed E-state index contributed by atoms with van der Waals surface area (Å²) < 4.78 is 10.1. The summed E-state index contributed by atoms with van der Waals surface area (Å²) in [4.78, 5) is 24.9. The Balaban J connectivity index is 1.30. The molecule has 7 heteroatoms. The zero-order chi connectivity index (χ0) is 24.6. The Morgan fingerprint density at radius 3 is 2.29 bits per heavy atom. The summed E-state index contributed by atoms with van der Waals surface area (Å²) in [6.07, 6.45) is 4.81. The van der Waals surface area contributed by atoms with Gasteiger partial charge in [0, 0.05) is 5.03 Å². The van der Waals surface area contributed by atoms with Crippen molar-refractivity contribution in [3.05, 3.63) is 70.4 Å². The molecule has 0 spiro atoms. The molecule has 0 unspecified atom stereocenters. The van der Waals surface area contributed by atoms with Gasteiger partial charge in [-0.1, -0.05) is 60.1 Å². The van der Waals surface area contributed by atoms with Crippen LogP contribution < -0.4 is 5.32 Å². The van der Waals surface area contributed by atoms with Gasteiger partial charge in [-0.15, -0.1) is 0 Å². The third kappa shape index (κ3) is 4.78. The van der Waals surface area contributed by atoms with Crippen molar-refractivity contribution >= 4 is 41.2 Å². The molecule has 1 amide bonds. The number of ether oxygens (including phenoxy) is 1. The number of nitrogens with zero attached hydrogens (tertiary/aromatic N) is 1. The topological polar surface area (TPSA) is 68.3 Å². The molecule has 1 heterocycles. The molecule has 0 bridgehead atoms. The Morgan fingerprint density at radius 1 is 1.09 bits per heavy atom. The lowest BCUT2D eigenvalue weighted by Crippen LogP contribution is -2.22. The van der Waals surface area contributed by atoms with Crippen LogP contribution in [-0.4, -0.2) is 22.9 Å². The average Bonchev–Trinajstić information content (AvgIpc) is 3.43. The number of aldehydes is 1. The summed E-state index contributed by atoms with van der Waals surface area (Å²) in [6, 6.07) is 16.4. The first-order valence-corrected chi connectivity index (χ1v) is 13.0. The first kappa shape index (κ1) is 23.8. The molecule has 1 atom stereocenters. The Morgan fingerprint density at radius 2 is 1.71 bits per heavy atom. The van der Waals surface area contributed by atoms with Gasteiger partial charge in [-0.2, -0.15) is 4.37 Å². The second kappa shape index (κ2) is 9.59. The molecule has 2 aromatic carbocycles. The maximum absolute atomic E-state index is 12.6. The minimum absolute atomic E-state index is 0.255. The third-order valence-electron chi connectivity index (χ3n) is 7.01. The number of carbonyl (C=O) groups excluding carboxylic acids is 2. The van der Waals surface area contributed by atoms with Gasteiger partial charge in [0.05, 0.1) is 21.7 Å². The molecule has 1 saturated carbocycles. The number of allylic oxidation sites excluding steroid dienone is 1. The second-order valence-corrected chi connectivity index (χ2v) is 10.6. The van der Waals surface area contributed by atoms with E-state index in [1.165, 1.54) is 11.5 Å². The van der Waals surface area contributed by atoms with Crippen LogP contribution >= 0.6 is 23.1 Å². The second-order valence-electron chi connectivity index (χ2n) is 9.36. The molecule has 5 nitrogen and oxygen atoms in total. The van der Waals surface area contributed by atoms with Crippen molar-refractivity contribution in [3.63, 3.8) is 0 Å². The zero-order valence-electron chi connectivity index (χ0n) is 19.8. The van der Waals surface area contributed by atoms with E-state index in [1.54, 1.807) is 0 Å². The number of hydrogen-bond donors (Lipinski definition) is 1. The van der Waals surface area contributed by atoms with Crippen LogP contribution in [0.3, 0.4) is 0 Å². The van der Waals surface area contributed by atoms with E-state index in [1.807, 2.05) is 26.0 Å². The summed E-state index contributed by atoms with van der Waals surface area (Å²) in [7, 11) is 0. The predicted molar refractivity (Wildman–Crippen MR) is 141 cm³/mol. The number of hydrogen-bond acceptors (Lipinski definition) is 5. The third-order valence-corrected chi connectivity index (χ3v) is 8.43. The molecule has 35 heavy (non-hydrogen) atoms. The van der Waals surface area contributed by atoms with Gasteiger partial charge in [0.1, 0.15) is 12.4 Å².